The van der Waals surface area contributed by atoms with E-state index in [0.717, 1.165) is 0 Å². The average molecular weight is 254 g/mol. The van der Waals surface area contributed by atoms with Crippen LogP contribution in [0.15, 0.2) is 36.7 Å². The van der Waals surface area contributed by atoms with Crippen LogP contribution in [0.4, 0.5) is 10.1 Å². The van der Waals surface area contributed by atoms with Crippen LogP contribution in [-0.2, 0) is 4.79 Å². The molecule has 0 spiro atoms. The summed E-state index contributed by atoms with van der Waals surface area (Å²) in [5.74, 6) is -0.851. The van der Waals surface area contributed by atoms with Crippen LogP contribution in [-0.4, -0.2) is 21.6 Å². The van der Waals surface area contributed by atoms with Gasteiger partial charge in [0.2, 0.25) is 5.91 Å². The number of amides is 1. The summed E-state index contributed by atoms with van der Waals surface area (Å²) in [7, 11) is 0. The molecule has 0 aliphatic carbocycles. The van der Waals surface area contributed by atoms with Crippen molar-refractivity contribution in [3.63, 3.8) is 0 Å². The maximum absolute atomic E-state index is 13.4. The van der Waals surface area contributed by atoms with Crippen LogP contribution < -0.4 is 5.32 Å². The molecule has 2 rings (SSSR count). The molecule has 1 heterocycles. The van der Waals surface area contributed by atoms with Crippen LogP contribution in [0.25, 0.3) is 5.69 Å². The van der Waals surface area contributed by atoms with Gasteiger partial charge in [0.1, 0.15) is 17.4 Å². The van der Waals surface area contributed by atoms with Gasteiger partial charge in [-0.05, 0) is 12.1 Å². The standard InChI is InChI=1S/C11H9ClFN3O/c12-5-11(17)15-8-6-14-16(7-8)10-4-2-1-3-9(10)13/h1-4,6-7H,5H2,(H,15,17). The van der Waals surface area contributed by atoms with Gasteiger partial charge < -0.3 is 5.32 Å². The SMILES string of the molecule is O=C(CCl)Nc1cnn(-c2ccccc2F)c1. The Kier molecular flexibility index (Phi) is 3.39. The van der Waals surface area contributed by atoms with E-state index in [0.29, 0.717) is 11.4 Å². The van der Waals surface area contributed by atoms with Crippen molar-refractivity contribution in [2.45, 2.75) is 0 Å². The van der Waals surface area contributed by atoms with Crippen molar-refractivity contribution in [3.8, 4) is 5.69 Å². The summed E-state index contributed by atoms with van der Waals surface area (Å²) in [5.41, 5.74) is 0.790. The van der Waals surface area contributed by atoms with Gasteiger partial charge in [-0.2, -0.15) is 5.10 Å². The van der Waals surface area contributed by atoms with Gasteiger partial charge in [0.15, 0.2) is 0 Å². The number of benzene rings is 1. The Labute approximate surface area is 102 Å². The summed E-state index contributed by atoms with van der Waals surface area (Å²) in [6, 6.07) is 6.24. The first kappa shape index (κ1) is 11.6. The number of aromatic nitrogens is 2. The number of carbonyl (C=O) groups excluding carboxylic acids is 1. The molecule has 1 N–H and O–H groups in total. The zero-order valence-corrected chi connectivity index (χ0v) is 9.49. The number of nitrogens with zero attached hydrogens (tertiary/aromatic N) is 2. The van der Waals surface area contributed by atoms with Crippen LogP contribution in [0.3, 0.4) is 0 Å². The lowest BCUT2D eigenvalue weighted by molar-refractivity contribution is -0.113. The van der Waals surface area contributed by atoms with Gasteiger partial charge in [-0.25, -0.2) is 9.07 Å². The fourth-order valence-corrected chi connectivity index (χ4v) is 1.42. The second-order valence-electron chi connectivity index (χ2n) is 3.31. The van der Waals surface area contributed by atoms with Crippen LogP contribution >= 0.6 is 11.6 Å². The molecule has 1 aromatic carbocycles. The molecule has 2 aromatic rings. The molecule has 0 atom stereocenters. The molecule has 0 aliphatic heterocycles. The van der Waals surface area contributed by atoms with E-state index in [1.165, 1.54) is 23.1 Å². The molecule has 0 radical (unpaired) electrons. The smallest absolute Gasteiger partial charge is 0.239 e. The highest BCUT2D eigenvalue weighted by Crippen LogP contribution is 2.14. The minimum absolute atomic E-state index is 0.134. The Morgan fingerprint density at radius 3 is 2.94 bits per heavy atom. The molecule has 0 aliphatic rings. The van der Waals surface area contributed by atoms with E-state index < -0.39 is 0 Å². The van der Waals surface area contributed by atoms with E-state index in [2.05, 4.69) is 10.4 Å². The van der Waals surface area contributed by atoms with E-state index >= 15 is 0 Å². The highest BCUT2D eigenvalue weighted by molar-refractivity contribution is 6.29. The van der Waals surface area contributed by atoms with Crippen LogP contribution in [0.2, 0.25) is 0 Å². The average Bonchev–Trinajstić information content (AvgIpc) is 2.78. The zero-order valence-electron chi connectivity index (χ0n) is 8.73. The monoisotopic (exact) mass is 253 g/mol. The van der Waals surface area contributed by atoms with Gasteiger partial charge >= 0.3 is 0 Å². The largest absolute Gasteiger partial charge is 0.322 e. The predicted octanol–water partition coefficient (Wildman–Crippen LogP) is 2.19. The molecule has 88 valence electrons. The lowest BCUT2D eigenvalue weighted by atomic mass is 10.3. The van der Waals surface area contributed by atoms with E-state index in [-0.39, 0.29) is 17.6 Å². The topological polar surface area (TPSA) is 46.9 Å². The van der Waals surface area contributed by atoms with Crippen LogP contribution in [0, 0.1) is 5.82 Å². The summed E-state index contributed by atoms with van der Waals surface area (Å²) >= 11 is 5.35. The van der Waals surface area contributed by atoms with Crippen molar-refractivity contribution >= 4 is 23.2 Å². The van der Waals surface area contributed by atoms with E-state index in [9.17, 15) is 9.18 Å². The number of rotatable bonds is 3. The predicted molar refractivity (Wildman–Crippen MR) is 62.9 cm³/mol. The molecule has 1 amide bonds. The van der Waals surface area contributed by atoms with Crippen LogP contribution in [0.5, 0.6) is 0 Å². The summed E-state index contributed by atoms with van der Waals surface area (Å²) in [4.78, 5) is 11.0. The molecule has 0 unspecified atom stereocenters. The number of hydrogen-bond acceptors (Lipinski definition) is 2. The van der Waals surface area contributed by atoms with Crippen molar-refractivity contribution < 1.29 is 9.18 Å². The highest BCUT2D eigenvalue weighted by atomic mass is 35.5. The third-order valence-electron chi connectivity index (χ3n) is 2.09. The summed E-state index contributed by atoms with van der Waals surface area (Å²) < 4.78 is 14.8. The lowest BCUT2D eigenvalue weighted by Crippen LogP contribution is -2.11. The van der Waals surface area contributed by atoms with Gasteiger partial charge in [0.05, 0.1) is 18.1 Å². The molecule has 0 fully saturated rings. The third-order valence-corrected chi connectivity index (χ3v) is 2.33. The van der Waals surface area contributed by atoms with Crippen molar-refractivity contribution in [2.24, 2.45) is 0 Å². The molecule has 0 bridgehead atoms. The van der Waals surface area contributed by atoms with E-state index in [4.69, 9.17) is 11.6 Å². The Balaban J connectivity index is 2.24. The van der Waals surface area contributed by atoms with Gasteiger partial charge in [-0.3, -0.25) is 4.79 Å². The first-order valence-corrected chi connectivity index (χ1v) is 5.39. The molecule has 0 saturated carbocycles. The van der Waals surface area contributed by atoms with Gasteiger partial charge in [-0.15, -0.1) is 11.6 Å². The molecular formula is C11H9ClFN3O. The quantitative estimate of drug-likeness (QED) is 0.853. The number of carbonyl (C=O) groups is 1. The number of alkyl halides is 1. The second-order valence-corrected chi connectivity index (χ2v) is 3.57. The highest BCUT2D eigenvalue weighted by Gasteiger charge is 2.07. The molecule has 0 saturated heterocycles. The summed E-state index contributed by atoms with van der Waals surface area (Å²) in [6.45, 7) is 0. The number of halogens is 2. The molecule has 17 heavy (non-hydrogen) atoms. The molecular weight excluding hydrogens is 245 g/mol. The first-order chi connectivity index (χ1) is 8.20. The Bertz CT molecular complexity index is 541. The lowest BCUT2D eigenvalue weighted by Gasteiger charge is -2.01. The maximum Gasteiger partial charge on any atom is 0.239 e. The Morgan fingerprint density at radius 2 is 2.24 bits per heavy atom. The van der Waals surface area contributed by atoms with Gasteiger partial charge in [0, 0.05) is 0 Å². The number of hydrogen-bond donors (Lipinski definition) is 1. The Morgan fingerprint density at radius 1 is 1.47 bits per heavy atom. The number of para-hydroxylation sites is 1. The van der Waals surface area contributed by atoms with Gasteiger partial charge in [0.25, 0.3) is 0 Å². The van der Waals surface area contributed by atoms with Crippen molar-refractivity contribution in [1.29, 1.82) is 0 Å². The summed E-state index contributed by atoms with van der Waals surface area (Å²) in [6.07, 6.45) is 2.94. The molecule has 1 aromatic heterocycles. The Hall–Kier alpha value is -1.88. The second kappa shape index (κ2) is 4.97. The fraction of sp³-hybridized carbons (Fsp3) is 0.0909. The van der Waals surface area contributed by atoms with E-state index in [1.807, 2.05) is 0 Å². The minimum Gasteiger partial charge on any atom is -0.322 e. The van der Waals surface area contributed by atoms with Crippen LogP contribution in [0.1, 0.15) is 0 Å². The minimum atomic E-state index is -0.384. The molecule has 4 nitrogen and oxygen atoms in total. The zero-order chi connectivity index (χ0) is 12.3. The van der Waals surface area contributed by atoms with E-state index in [1.54, 1.807) is 18.2 Å². The first-order valence-electron chi connectivity index (χ1n) is 4.86. The number of nitrogens with one attached hydrogen (secondary N) is 1. The normalized spacial score (nSPS) is 10.2. The fourth-order valence-electron chi connectivity index (χ4n) is 1.35. The van der Waals surface area contributed by atoms with Crippen molar-refractivity contribution in [2.75, 3.05) is 11.2 Å². The molecule has 6 heteroatoms. The van der Waals surface area contributed by atoms with Gasteiger partial charge in [-0.1, -0.05) is 12.1 Å². The summed E-state index contributed by atoms with van der Waals surface area (Å²) in [5, 5.41) is 6.48. The maximum atomic E-state index is 13.4. The third kappa shape index (κ3) is 2.62. The number of anilines is 1. The van der Waals surface area contributed by atoms with Crippen molar-refractivity contribution in [3.05, 3.63) is 42.5 Å². The van der Waals surface area contributed by atoms with Crippen molar-refractivity contribution in [1.82, 2.24) is 9.78 Å².